The molecule has 0 aliphatic rings. The monoisotopic (exact) mass is 633 g/mol. The Hall–Kier alpha value is -3.34. The SMILES string of the molecule is NCC(=O)NCCOCCNC(=O)COCCOCCNC(=O)CC[C@H](NC(=O)CCCCCCCCCC(=O)O)C(=O)O. The van der Waals surface area contributed by atoms with E-state index in [4.69, 9.17) is 25.1 Å². The molecule has 0 aromatic carbocycles. The van der Waals surface area contributed by atoms with Crippen molar-refractivity contribution in [1.29, 1.82) is 0 Å². The van der Waals surface area contributed by atoms with Crippen LogP contribution < -0.4 is 27.0 Å². The molecular formula is C28H51N5O11. The average Bonchev–Trinajstić information content (AvgIpc) is 2.98. The van der Waals surface area contributed by atoms with Crippen LogP contribution in [-0.2, 0) is 43.0 Å². The van der Waals surface area contributed by atoms with Gasteiger partial charge in [0.05, 0.1) is 39.6 Å². The largest absolute Gasteiger partial charge is 0.481 e. The molecule has 0 fully saturated rings. The number of amides is 4. The minimum atomic E-state index is -1.21. The van der Waals surface area contributed by atoms with Gasteiger partial charge in [0.25, 0.3) is 0 Å². The molecule has 0 bridgehead atoms. The highest BCUT2D eigenvalue weighted by atomic mass is 16.5. The molecule has 0 aliphatic carbocycles. The first kappa shape index (κ1) is 40.7. The van der Waals surface area contributed by atoms with Gasteiger partial charge in [-0.2, -0.15) is 0 Å². The highest BCUT2D eigenvalue weighted by Gasteiger charge is 2.20. The number of aliphatic carboxylic acids is 2. The zero-order chi connectivity index (χ0) is 32.8. The fourth-order valence-corrected chi connectivity index (χ4v) is 3.73. The van der Waals surface area contributed by atoms with Crippen LogP contribution in [0.4, 0.5) is 0 Å². The third-order valence-corrected chi connectivity index (χ3v) is 6.08. The van der Waals surface area contributed by atoms with Crippen molar-refractivity contribution in [3.63, 3.8) is 0 Å². The van der Waals surface area contributed by atoms with Crippen LogP contribution >= 0.6 is 0 Å². The van der Waals surface area contributed by atoms with Crippen LogP contribution in [0.2, 0.25) is 0 Å². The Balaban J connectivity index is 3.72. The first-order valence-corrected chi connectivity index (χ1v) is 15.1. The summed E-state index contributed by atoms with van der Waals surface area (Å²) in [6.07, 6.45) is 6.09. The van der Waals surface area contributed by atoms with Gasteiger partial charge in [0.1, 0.15) is 12.6 Å². The third kappa shape index (κ3) is 27.5. The van der Waals surface area contributed by atoms with Crippen molar-refractivity contribution in [3.05, 3.63) is 0 Å². The molecule has 0 radical (unpaired) electrons. The minimum absolute atomic E-state index is 0.0425. The number of hydrogen-bond donors (Lipinski definition) is 7. The second-order valence-corrected chi connectivity index (χ2v) is 9.90. The molecule has 1 atom stereocenters. The maximum atomic E-state index is 12.1. The zero-order valence-electron chi connectivity index (χ0n) is 25.6. The summed E-state index contributed by atoms with van der Waals surface area (Å²) in [5.41, 5.74) is 5.16. The molecule has 8 N–H and O–H groups in total. The summed E-state index contributed by atoms with van der Waals surface area (Å²) in [5, 5.41) is 28.2. The Morgan fingerprint density at radius 1 is 0.568 bits per heavy atom. The Bertz CT molecular complexity index is 845. The van der Waals surface area contributed by atoms with E-state index in [2.05, 4.69) is 21.3 Å². The molecule has 44 heavy (non-hydrogen) atoms. The maximum Gasteiger partial charge on any atom is 0.326 e. The average molecular weight is 634 g/mol. The van der Waals surface area contributed by atoms with Crippen LogP contribution in [0.25, 0.3) is 0 Å². The van der Waals surface area contributed by atoms with Gasteiger partial charge in [0.15, 0.2) is 0 Å². The van der Waals surface area contributed by atoms with Gasteiger partial charge in [-0.25, -0.2) is 4.79 Å². The summed E-state index contributed by atoms with van der Waals surface area (Å²) in [4.78, 5) is 68.7. The predicted molar refractivity (Wildman–Crippen MR) is 159 cm³/mol. The molecule has 16 heteroatoms. The van der Waals surface area contributed by atoms with Crippen molar-refractivity contribution in [1.82, 2.24) is 21.3 Å². The van der Waals surface area contributed by atoms with Crippen LogP contribution in [0.1, 0.15) is 70.6 Å². The lowest BCUT2D eigenvalue weighted by molar-refractivity contribution is -0.142. The van der Waals surface area contributed by atoms with Crippen LogP contribution in [0.3, 0.4) is 0 Å². The predicted octanol–water partition coefficient (Wildman–Crippen LogP) is -0.711. The Kier molecular flexibility index (Phi) is 26.3. The third-order valence-electron chi connectivity index (χ3n) is 6.08. The second-order valence-electron chi connectivity index (χ2n) is 9.90. The lowest BCUT2D eigenvalue weighted by atomic mass is 10.1. The van der Waals surface area contributed by atoms with E-state index in [1.807, 2.05) is 0 Å². The zero-order valence-corrected chi connectivity index (χ0v) is 25.6. The van der Waals surface area contributed by atoms with E-state index in [9.17, 15) is 33.9 Å². The molecule has 0 rings (SSSR count). The summed E-state index contributed by atoms with van der Waals surface area (Å²) in [6.45, 7) is 1.79. The van der Waals surface area contributed by atoms with Crippen molar-refractivity contribution >= 4 is 35.6 Å². The summed E-state index contributed by atoms with van der Waals surface area (Å²) in [6, 6.07) is -1.16. The molecule has 0 aliphatic heterocycles. The van der Waals surface area contributed by atoms with Crippen LogP contribution in [0.5, 0.6) is 0 Å². The topological polar surface area (TPSA) is 245 Å². The minimum Gasteiger partial charge on any atom is -0.481 e. The lowest BCUT2D eigenvalue weighted by Gasteiger charge is -2.14. The number of carbonyl (C=O) groups is 6. The number of carboxylic acids is 2. The van der Waals surface area contributed by atoms with E-state index in [1.165, 1.54) is 0 Å². The Morgan fingerprint density at radius 3 is 1.64 bits per heavy atom. The summed E-state index contributed by atoms with van der Waals surface area (Å²) in [5.74, 6) is -3.31. The van der Waals surface area contributed by atoms with E-state index < -0.39 is 18.0 Å². The van der Waals surface area contributed by atoms with E-state index >= 15 is 0 Å². The van der Waals surface area contributed by atoms with Crippen molar-refractivity contribution < 1.29 is 53.2 Å². The van der Waals surface area contributed by atoms with Gasteiger partial charge in [0, 0.05) is 38.9 Å². The van der Waals surface area contributed by atoms with Gasteiger partial charge in [0.2, 0.25) is 23.6 Å². The molecule has 16 nitrogen and oxygen atoms in total. The number of carboxylic acid groups (broad SMARTS) is 2. The Labute approximate surface area is 258 Å². The number of rotatable bonds is 30. The van der Waals surface area contributed by atoms with Crippen molar-refractivity contribution in [2.45, 2.75) is 76.7 Å². The van der Waals surface area contributed by atoms with Gasteiger partial charge >= 0.3 is 11.9 Å². The number of ether oxygens (including phenoxy) is 3. The molecule has 254 valence electrons. The molecular weight excluding hydrogens is 582 g/mol. The molecule has 0 saturated heterocycles. The van der Waals surface area contributed by atoms with E-state index in [-0.39, 0.29) is 95.4 Å². The fraction of sp³-hybridized carbons (Fsp3) is 0.786. The van der Waals surface area contributed by atoms with Gasteiger partial charge in [-0.1, -0.05) is 32.1 Å². The van der Waals surface area contributed by atoms with Crippen molar-refractivity contribution in [3.8, 4) is 0 Å². The molecule has 4 amide bonds. The van der Waals surface area contributed by atoms with Crippen LogP contribution in [-0.4, -0.2) is 118 Å². The Morgan fingerprint density at radius 2 is 1.07 bits per heavy atom. The van der Waals surface area contributed by atoms with Gasteiger partial charge < -0.3 is 51.4 Å². The second kappa shape index (κ2) is 28.4. The van der Waals surface area contributed by atoms with Gasteiger partial charge in [-0.05, 0) is 19.3 Å². The normalized spacial score (nSPS) is 11.4. The smallest absolute Gasteiger partial charge is 0.326 e. The standard InChI is InChI=1S/C28H51N5O11/c29-20-25(36)31-13-15-42-16-14-32-26(37)21-44-19-18-43-17-12-30-23(34)11-10-22(28(40)41)33-24(35)8-6-4-2-1-3-5-7-9-27(38)39/h22H,1-21,29H2,(H,30,34)(H,31,36)(H,32,37)(H,33,35)(H,38,39)(H,40,41)/t22-/m0/s1. The molecule has 0 aromatic rings. The lowest BCUT2D eigenvalue weighted by Crippen LogP contribution is -2.41. The summed E-state index contributed by atoms with van der Waals surface area (Å²) >= 11 is 0. The first-order chi connectivity index (χ1) is 21.1. The van der Waals surface area contributed by atoms with Crippen molar-refractivity contribution in [2.75, 3.05) is 65.8 Å². The molecule has 0 aromatic heterocycles. The number of unbranched alkanes of at least 4 members (excludes halogenated alkanes) is 6. The molecule has 0 saturated carbocycles. The van der Waals surface area contributed by atoms with E-state index in [1.54, 1.807) is 0 Å². The van der Waals surface area contributed by atoms with Crippen molar-refractivity contribution in [2.24, 2.45) is 5.73 Å². The molecule has 0 spiro atoms. The highest BCUT2D eigenvalue weighted by molar-refractivity contribution is 5.84. The summed E-state index contributed by atoms with van der Waals surface area (Å²) < 4.78 is 15.8. The number of nitrogens with two attached hydrogens (primary N) is 1. The van der Waals surface area contributed by atoms with E-state index in [0.29, 0.717) is 32.5 Å². The van der Waals surface area contributed by atoms with Crippen LogP contribution in [0, 0.1) is 0 Å². The molecule has 0 unspecified atom stereocenters. The summed E-state index contributed by atoms with van der Waals surface area (Å²) in [7, 11) is 0. The number of carbonyl (C=O) groups excluding carboxylic acids is 4. The highest BCUT2D eigenvalue weighted by Crippen LogP contribution is 2.10. The van der Waals surface area contributed by atoms with Gasteiger partial charge in [-0.3, -0.25) is 24.0 Å². The van der Waals surface area contributed by atoms with E-state index in [0.717, 1.165) is 32.1 Å². The quantitative estimate of drug-likeness (QED) is 0.0485. The maximum absolute atomic E-state index is 12.1. The molecule has 0 heterocycles. The fourth-order valence-electron chi connectivity index (χ4n) is 3.73. The number of hydrogen-bond acceptors (Lipinski definition) is 10. The van der Waals surface area contributed by atoms with Crippen LogP contribution in [0.15, 0.2) is 0 Å². The van der Waals surface area contributed by atoms with Gasteiger partial charge in [-0.15, -0.1) is 0 Å². The number of nitrogens with one attached hydrogen (secondary N) is 4. The first-order valence-electron chi connectivity index (χ1n) is 15.1.